The third-order valence-corrected chi connectivity index (χ3v) is 6.04. The summed E-state index contributed by atoms with van der Waals surface area (Å²) in [6.07, 6.45) is 0. The zero-order valence-corrected chi connectivity index (χ0v) is 20.4. The lowest BCUT2D eigenvalue weighted by molar-refractivity contribution is -0.121. The molecular formula is C25H28N9O3-. The van der Waals surface area contributed by atoms with Gasteiger partial charge in [0.15, 0.2) is 5.82 Å². The van der Waals surface area contributed by atoms with Crippen molar-refractivity contribution in [3.05, 3.63) is 59.3 Å². The van der Waals surface area contributed by atoms with Crippen LogP contribution in [0.15, 0.2) is 48.5 Å². The minimum Gasteiger partial charge on any atom is -0.733 e. The smallest absolute Gasteiger partial charge is 0.241 e. The molecule has 12 nitrogen and oxygen atoms in total. The lowest BCUT2D eigenvalue weighted by Gasteiger charge is -2.34. The predicted octanol–water partition coefficient (Wildman–Crippen LogP) is 2.48. The Kier molecular flexibility index (Phi) is 7.99. The Bertz CT molecular complexity index is 1290. The lowest BCUT2D eigenvalue weighted by atomic mass is 10.1. The van der Waals surface area contributed by atoms with Crippen molar-refractivity contribution in [2.24, 2.45) is 0 Å². The van der Waals surface area contributed by atoms with Crippen molar-refractivity contribution in [3.8, 4) is 17.3 Å². The number of aromatic nitrogens is 2. The molecule has 1 aromatic carbocycles. The maximum absolute atomic E-state index is 12.9. The Hall–Kier alpha value is -4.44. The highest BCUT2D eigenvalue weighted by Crippen LogP contribution is 2.32. The van der Waals surface area contributed by atoms with Crippen molar-refractivity contribution >= 4 is 34.7 Å². The first kappa shape index (κ1) is 25.6. The standard InChI is InChI=1S/C25H28N9O3/c1-2-32-13-14-33(23(35)16-32)19-7-9-21(30-24(19)18-5-3-17(15-26)4-6-18)28-11-12-29-22-10-8-20(34(36)37)25(27)31-22/h3-10,36H,2,11-14,16H2,1H3,(H,28,30)(H3,27,29,31)/q-1. The molecule has 192 valence electrons. The summed E-state index contributed by atoms with van der Waals surface area (Å²) < 4.78 is 0. The largest absolute Gasteiger partial charge is 0.733 e. The number of benzene rings is 1. The Balaban J connectivity index is 1.49. The van der Waals surface area contributed by atoms with E-state index in [9.17, 15) is 10.0 Å². The molecule has 0 atom stereocenters. The van der Waals surface area contributed by atoms with Crippen LogP contribution in [-0.2, 0) is 4.79 Å². The number of anilines is 5. The highest BCUT2D eigenvalue weighted by molar-refractivity contribution is 5.99. The van der Waals surface area contributed by atoms with E-state index in [1.165, 1.54) is 12.1 Å². The Morgan fingerprint density at radius 3 is 2.35 bits per heavy atom. The molecule has 0 radical (unpaired) electrons. The van der Waals surface area contributed by atoms with E-state index in [4.69, 9.17) is 21.2 Å². The van der Waals surface area contributed by atoms with E-state index in [1.54, 1.807) is 17.0 Å². The molecule has 3 aromatic rings. The molecule has 0 bridgehead atoms. The zero-order chi connectivity index (χ0) is 26.4. The minimum absolute atomic E-state index is 0.0220. The van der Waals surface area contributed by atoms with E-state index in [1.807, 2.05) is 31.2 Å². The molecule has 3 heterocycles. The van der Waals surface area contributed by atoms with Crippen LogP contribution in [0.3, 0.4) is 0 Å². The minimum atomic E-state index is -0.328. The maximum atomic E-state index is 12.9. The highest BCUT2D eigenvalue weighted by Gasteiger charge is 2.27. The summed E-state index contributed by atoms with van der Waals surface area (Å²) in [6.45, 7) is 5.54. The van der Waals surface area contributed by atoms with Gasteiger partial charge in [-0.1, -0.05) is 19.1 Å². The number of pyridine rings is 2. The van der Waals surface area contributed by atoms with Crippen LogP contribution >= 0.6 is 0 Å². The van der Waals surface area contributed by atoms with Gasteiger partial charge < -0.3 is 31.7 Å². The number of nitrogens with two attached hydrogens (primary N) is 1. The molecule has 4 rings (SSSR count). The third kappa shape index (κ3) is 6.04. The molecule has 0 spiro atoms. The quantitative estimate of drug-likeness (QED) is 0.250. The SMILES string of the molecule is CCN1CCN(c2ccc(NCCNc3ccc(N([O-])O)c(N)n3)nc2-c2ccc(C#N)cc2)C(=O)C1. The second kappa shape index (κ2) is 11.5. The first-order valence-electron chi connectivity index (χ1n) is 11.8. The average Bonchev–Trinajstić information content (AvgIpc) is 2.91. The number of carbonyl (C=O) groups is 1. The third-order valence-electron chi connectivity index (χ3n) is 6.04. The fraction of sp³-hybridized carbons (Fsp3) is 0.280. The number of piperazine rings is 1. The Morgan fingerprint density at radius 1 is 1.08 bits per heavy atom. The second-order valence-corrected chi connectivity index (χ2v) is 8.39. The normalized spacial score (nSPS) is 13.8. The van der Waals surface area contributed by atoms with Crippen molar-refractivity contribution < 1.29 is 10.0 Å². The van der Waals surface area contributed by atoms with E-state index in [-0.39, 0.29) is 22.6 Å². The molecular weight excluding hydrogens is 474 g/mol. The Labute approximate surface area is 214 Å². The number of nitriles is 1. The predicted molar refractivity (Wildman–Crippen MR) is 142 cm³/mol. The van der Waals surface area contributed by atoms with Crippen LogP contribution in [0.2, 0.25) is 0 Å². The summed E-state index contributed by atoms with van der Waals surface area (Å²) in [5.74, 6) is 1.01. The first-order valence-corrected chi connectivity index (χ1v) is 11.8. The van der Waals surface area contributed by atoms with Gasteiger partial charge in [0.05, 0.1) is 35.2 Å². The summed E-state index contributed by atoms with van der Waals surface area (Å²) in [4.78, 5) is 25.6. The van der Waals surface area contributed by atoms with Crippen LogP contribution in [-0.4, -0.2) is 65.3 Å². The van der Waals surface area contributed by atoms with Crippen molar-refractivity contribution in [3.63, 3.8) is 0 Å². The molecule has 12 heteroatoms. The van der Waals surface area contributed by atoms with E-state index in [0.29, 0.717) is 49.1 Å². The number of hydrogen-bond donors (Lipinski definition) is 4. The summed E-state index contributed by atoms with van der Waals surface area (Å²) in [5, 5.41) is 35.2. The Morgan fingerprint density at radius 2 is 1.76 bits per heavy atom. The van der Waals surface area contributed by atoms with Gasteiger partial charge in [0, 0.05) is 31.7 Å². The number of nitrogen functional groups attached to an aromatic ring is 1. The van der Waals surface area contributed by atoms with Gasteiger partial charge in [0.1, 0.15) is 11.6 Å². The zero-order valence-electron chi connectivity index (χ0n) is 20.4. The van der Waals surface area contributed by atoms with Gasteiger partial charge in [0.25, 0.3) is 0 Å². The number of amides is 1. The van der Waals surface area contributed by atoms with Gasteiger partial charge in [-0.3, -0.25) is 14.9 Å². The summed E-state index contributed by atoms with van der Waals surface area (Å²) in [5.41, 5.74) is 8.28. The van der Waals surface area contributed by atoms with Crippen molar-refractivity contribution in [2.45, 2.75) is 6.92 Å². The fourth-order valence-corrected chi connectivity index (χ4v) is 4.04. The highest BCUT2D eigenvalue weighted by atomic mass is 16.8. The van der Waals surface area contributed by atoms with Gasteiger partial charge in [-0.25, -0.2) is 9.97 Å². The molecule has 0 unspecified atom stereocenters. The van der Waals surface area contributed by atoms with E-state index >= 15 is 0 Å². The van der Waals surface area contributed by atoms with Gasteiger partial charge >= 0.3 is 0 Å². The van der Waals surface area contributed by atoms with E-state index in [0.717, 1.165) is 24.3 Å². The number of hydrogen-bond acceptors (Lipinski definition) is 11. The van der Waals surface area contributed by atoms with Gasteiger partial charge in [0.2, 0.25) is 5.91 Å². The topological polar surface area (TPSA) is 170 Å². The van der Waals surface area contributed by atoms with Gasteiger partial charge in [-0.15, -0.1) is 0 Å². The summed E-state index contributed by atoms with van der Waals surface area (Å²) in [6, 6.07) is 15.9. The summed E-state index contributed by atoms with van der Waals surface area (Å²) >= 11 is 0. The molecule has 2 aromatic heterocycles. The van der Waals surface area contributed by atoms with Crippen molar-refractivity contribution in [1.82, 2.24) is 14.9 Å². The number of nitrogens with zero attached hydrogens (tertiary/aromatic N) is 6. The van der Waals surface area contributed by atoms with Crippen LogP contribution < -0.4 is 26.5 Å². The molecule has 1 saturated heterocycles. The molecule has 1 amide bonds. The van der Waals surface area contributed by atoms with Crippen LogP contribution in [0.25, 0.3) is 11.3 Å². The van der Waals surface area contributed by atoms with Crippen LogP contribution in [0.4, 0.5) is 28.8 Å². The molecule has 1 aliphatic rings. The molecule has 37 heavy (non-hydrogen) atoms. The summed E-state index contributed by atoms with van der Waals surface area (Å²) in [7, 11) is 0. The molecule has 0 saturated carbocycles. The second-order valence-electron chi connectivity index (χ2n) is 8.39. The van der Waals surface area contributed by atoms with Crippen molar-refractivity contribution in [1.29, 1.82) is 5.26 Å². The van der Waals surface area contributed by atoms with E-state index < -0.39 is 0 Å². The molecule has 1 aliphatic heterocycles. The van der Waals surface area contributed by atoms with Crippen LogP contribution in [0.1, 0.15) is 12.5 Å². The number of rotatable bonds is 9. The van der Waals surface area contributed by atoms with Crippen molar-refractivity contribution in [2.75, 3.05) is 65.8 Å². The molecule has 1 fully saturated rings. The number of nitrogens with one attached hydrogen (secondary N) is 2. The van der Waals surface area contributed by atoms with Gasteiger partial charge in [-0.2, -0.15) is 5.26 Å². The lowest BCUT2D eigenvalue weighted by Crippen LogP contribution is -2.50. The van der Waals surface area contributed by atoms with Crippen LogP contribution in [0, 0.1) is 16.5 Å². The maximum Gasteiger partial charge on any atom is 0.241 e. The number of likely N-dealkylation sites (N-methyl/N-ethyl adjacent to an activating group) is 1. The monoisotopic (exact) mass is 502 g/mol. The average molecular weight is 503 g/mol. The van der Waals surface area contributed by atoms with Crippen LogP contribution in [0.5, 0.6) is 0 Å². The fourth-order valence-electron chi connectivity index (χ4n) is 4.04. The molecule has 5 N–H and O–H groups in total. The van der Waals surface area contributed by atoms with Gasteiger partial charge in [-0.05, 0) is 42.9 Å². The molecule has 0 aliphatic carbocycles. The number of carbonyl (C=O) groups excluding carboxylic acids is 1. The van der Waals surface area contributed by atoms with E-state index in [2.05, 4.69) is 26.6 Å². The first-order chi connectivity index (χ1) is 17.9.